The summed E-state index contributed by atoms with van der Waals surface area (Å²) in [5.41, 5.74) is 1.79. The van der Waals surface area contributed by atoms with E-state index < -0.39 is 5.60 Å². The van der Waals surface area contributed by atoms with E-state index in [2.05, 4.69) is 4.90 Å². The maximum Gasteiger partial charge on any atom is 0.410 e. The Balaban J connectivity index is 1.29. The smallest absolute Gasteiger partial charge is 0.410 e. The minimum absolute atomic E-state index is 0.0320. The molecule has 190 valence electrons. The Kier molecular flexibility index (Phi) is 8.06. The third-order valence-electron chi connectivity index (χ3n) is 7.04. The number of likely N-dealkylation sites (tertiary alicyclic amines) is 2. The van der Waals surface area contributed by atoms with Crippen molar-refractivity contribution < 1.29 is 18.3 Å². The van der Waals surface area contributed by atoms with Crippen LogP contribution in [-0.2, 0) is 4.74 Å². The summed E-state index contributed by atoms with van der Waals surface area (Å²) in [4.78, 5) is 16.9. The number of rotatable bonds is 6. The zero-order valence-corrected chi connectivity index (χ0v) is 21.8. The molecule has 0 saturated carbocycles. The van der Waals surface area contributed by atoms with Gasteiger partial charge in [-0.2, -0.15) is 0 Å². The predicted molar refractivity (Wildman–Crippen MR) is 138 cm³/mol. The number of amides is 1. The maximum absolute atomic E-state index is 13.5. The van der Waals surface area contributed by atoms with Crippen LogP contribution in [0.25, 0.3) is 0 Å². The van der Waals surface area contributed by atoms with E-state index in [9.17, 15) is 13.6 Å². The molecule has 0 aromatic heterocycles. The molecule has 2 aromatic carbocycles. The Hall–Kier alpha value is -2.12. The van der Waals surface area contributed by atoms with Gasteiger partial charge in [-0.05, 0) is 93.9 Å². The summed E-state index contributed by atoms with van der Waals surface area (Å²) in [6.07, 6.45) is 3.04. The fourth-order valence-corrected chi connectivity index (χ4v) is 6.33. The van der Waals surface area contributed by atoms with E-state index >= 15 is 0 Å². The summed E-state index contributed by atoms with van der Waals surface area (Å²) in [6, 6.07) is 13.2. The number of carbonyl (C=O) groups is 1. The molecule has 0 unspecified atom stereocenters. The van der Waals surface area contributed by atoms with Gasteiger partial charge in [0.15, 0.2) is 0 Å². The number of hydrogen-bond donors (Lipinski definition) is 0. The largest absolute Gasteiger partial charge is 0.444 e. The molecule has 2 saturated heterocycles. The number of ether oxygens (including phenoxy) is 1. The SMILES string of the molecule is CC(C)(C)OC(=O)N1CCC2(CCN(CCSC(c3ccc(F)cc3)c3ccc(F)cc3)CC2)C1. The van der Waals surface area contributed by atoms with Gasteiger partial charge in [0.1, 0.15) is 17.2 Å². The highest BCUT2D eigenvalue weighted by atomic mass is 32.2. The van der Waals surface area contributed by atoms with E-state index in [-0.39, 0.29) is 28.4 Å². The first-order valence-electron chi connectivity index (χ1n) is 12.5. The summed E-state index contributed by atoms with van der Waals surface area (Å²) in [7, 11) is 0. The summed E-state index contributed by atoms with van der Waals surface area (Å²) in [5, 5.41) is 0.0320. The standard InChI is InChI=1S/C28H36F2N2O2S/c1-27(2,3)34-26(33)32-17-14-28(20-32)12-15-31(16-13-28)18-19-35-25(21-4-8-23(29)9-5-21)22-6-10-24(30)11-7-22/h4-11,25H,12-20H2,1-3H3. The Labute approximate surface area is 212 Å². The fraction of sp³-hybridized carbons (Fsp3) is 0.536. The van der Waals surface area contributed by atoms with Crippen LogP contribution in [0.4, 0.5) is 13.6 Å². The topological polar surface area (TPSA) is 32.8 Å². The molecule has 0 radical (unpaired) electrons. The van der Waals surface area contributed by atoms with Crippen molar-refractivity contribution in [1.82, 2.24) is 9.80 Å². The number of benzene rings is 2. The van der Waals surface area contributed by atoms with Gasteiger partial charge in [0.2, 0.25) is 0 Å². The number of piperidine rings is 1. The fourth-order valence-electron chi connectivity index (χ4n) is 5.04. The van der Waals surface area contributed by atoms with Gasteiger partial charge in [-0.1, -0.05) is 24.3 Å². The molecular formula is C28H36F2N2O2S. The van der Waals surface area contributed by atoms with Gasteiger partial charge in [-0.25, -0.2) is 13.6 Å². The molecule has 2 heterocycles. The first-order chi connectivity index (χ1) is 16.6. The molecule has 2 aromatic rings. The quantitative estimate of drug-likeness (QED) is 0.451. The summed E-state index contributed by atoms with van der Waals surface area (Å²) in [6.45, 7) is 10.3. The van der Waals surface area contributed by atoms with Crippen molar-refractivity contribution in [2.45, 2.75) is 50.9 Å². The molecule has 2 aliphatic rings. The van der Waals surface area contributed by atoms with E-state index in [1.54, 1.807) is 0 Å². The molecule has 2 fully saturated rings. The van der Waals surface area contributed by atoms with E-state index in [0.717, 1.165) is 68.9 Å². The lowest BCUT2D eigenvalue weighted by atomic mass is 9.78. The van der Waals surface area contributed by atoms with Crippen molar-refractivity contribution in [3.05, 3.63) is 71.3 Å². The highest BCUT2D eigenvalue weighted by molar-refractivity contribution is 7.99. The molecule has 4 nitrogen and oxygen atoms in total. The molecule has 0 N–H and O–H groups in total. The minimum atomic E-state index is -0.465. The maximum atomic E-state index is 13.5. The van der Waals surface area contributed by atoms with Gasteiger partial charge in [-0.15, -0.1) is 11.8 Å². The molecule has 35 heavy (non-hydrogen) atoms. The number of nitrogens with zero attached hydrogens (tertiary/aromatic N) is 2. The van der Waals surface area contributed by atoms with Gasteiger partial charge in [0.25, 0.3) is 0 Å². The number of carbonyl (C=O) groups excluding carboxylic acids is 1. The molecular weight excluding hydrogens is 466 g/mol. The highest BCUT2D eigenvalue weighted by Gasteiger charge is 2.43. The Bertz CT molecular complexity index is 938. The van der Waals surface area contributed by atoms with Crippen molar-refractivity contribution in [2.75, 3.05) is 38.5 Å². The minimum Gasteiger partial charge on any atom is -0.444 e. The van der Waals surface area contributed by atoms with Crippen molar-refractivity contribution in [3.8, 4) is 0 Å². The average Bonchev–Trinajstić information content (AvgIpc) is 3.22. The predicted octanol–water partition coefficient (Wildman–Crippen LogP) is 6.51. The van der Waals surface area contributed by atoms with Gasteiger partial charge in [0, 0.05) is 25.4 Å². The second-order valence-electron chi connectivity index (χ2n) is 10.8. The molecule has 1 amide bonds. The van der Waals surface area contributed by atoms with Gasteiger partial charge in [-0.3, -0.25) is 0 Å². The number of halogens is 2. The lowest BCUT2D eigenvalue weighted by Crippen LogP contribution is -2.43. The third kappa shape index (κ3) is 6.98. The van der Waals surface area contributed by atoms with Crippen molar-refractivity contribution in [1.29, 1.82) is 0 Å². The Morgan fingerprint density at radius 3 is 1.97 bits per heavy atom. The molecule has 0 aliphatic carbocycles. The lowest BCUT2D eigenvalue weighted by Gasteiger charge is -2.39. The molecule has 1 spiro atoms. The average molecular weight is 503 g/mol. The Morgan fingerprint density at radius 2 is 1.46 bits per heavy atom. The first kappa shape index (κ1) is 26.0. The van der Waals surface area contributed by atoms with Crippen molar-refractivity contribution in [3.63, 3.8) is 0 Å². The second-order valence-corrected chi connectivity index (χ2v) is 12.1. The van der Waals surface area contributed by atoms with Crippen LogP contribution < -0.4 is 0 Å². The third-order valence-corrected chi connectivity index (χ3v) is 8.34. The number of thioether (sulfide) groups is 1. The van der Waals surface area contributed by atoms with Crippen LogP contribution in [-0.4, -0.2) is 60.0 Å². The molecule has 7 heteroatoms. The summed E-state index contributed by atoms with van der Waals surface area (Å²) >= 11 is 1.81. The van der Waals surface area contributed by atoms with E-state index in [4.69, 9.17) is 4.74 Å². The van der Waals surface area contributed by atoms with E-state index in [1.165, 1.54) is 24.3 Å². The first-order valence-corrected chi connectivity index (χ1v) is 13.5. The highest BCUT2D eigenvalue weighted by Crippen LogP contribution is 2.41. The van der Waals surface area contributed by atoms with Crippen LogP contribution in [0.1, 0.15) is 56.4 Å². The van der Waals surface area contributed by atoms with Crippen molar-refractivity contribution in [2.24, 2.45) is 5.41 Å². The van der Waals surface area contributed by atoms with E-state index in [0.29, 0.717) is 0 Å². The molecule has 4 rings (SSSR count). The van der Waals surface area contributed by atoms with Crippen LogP contribution in [0.15, 0.2) is 48.5 Å². The monoisotopic (exact) mass is 502 g/mol. The van der Waals surface area contributed by atoms with Crippen LogP contribution in [0, 0.1) is 17.0 Å². The summed E-state index contributed by atoms with van der Waals surface area (Å²) < 4.78 is 32.5. The van der Waals surface area contributed by atoms with Gasteiger partial charge < -0.3 is 14.5 Å². The second kappa shape index (κ2) is 10.9. The molecule has 0 bridgehead atoms. The zero-order valence-electron chi connectivity index (χ0n) is 20.9. The van der Waals surface area contributed by atoms with Gasteiger partial charge >= 0.3 is 6.09 Å². The zero-order chi connectivity index (χ0) is 25.1. The lowest BCUT2D eigenvalue weighted by molar-refractivity contribution is 0.0248. The summed E-state index contributed by atoms with van der Waals surface area (Å²) in [5.74, 6) is 0.420. The van der Waals surface area contributed by atoms with Crippen LogP contribution in [0.5, 0.6) is 0 Å². The van der Waals surface area contributed by atoms with Crippen LogP contribution in [0.2, 0.25) is 0 Å². The van der Waals surface area contributed by atoms with Gasteiger partial charge in [0.05, 0.1) is 5.25 Å². The Morgan fingerprint density at radius 1 is 0.943 bits per heavy atom. The number of hydrogen-bond acceptors (Lipinski definition) is 4. The molecule has 0 atom stereocenters. The van der Waals surface area contributed by atoms with E-state index in [1.807, 2.05) is 61.7 Å². The normalized spacial score (nSPS) is 18.4. The van der Waals surface area contributed by atoms with Crippen LogP contribution >= 0.6 is 11.8 Å². The van der Waals surface area contributed by atoms with Crippen LogP contribution in [0.3, 0.4) is 0 Å². The van der Waals surface area contributed by atoms with Crippen molar-refractivity contribution >= 4 is 17.9 Å². The molecule has 2 aliphatic heterocycles.